The van der Waals surface area contributed by atoms with E-state index in [1.807, 2.05) is 54.1 Å². The van der Waals surface area contributed by atoms with Gasteiger partial charge in [-0.3, -0.25) is 24.1 Å². The Kier molecular flexibility index (Phi) is 18.6. The van der Waals surface area contributed by atoms with E-state index in [9.17, 15) is 14.4 Å². The van der Waals surface area contributed by atoms with Gasteiger partial charge in [0.1, 0.15) is 0 Å². The fraction of sp³-hybridized carbons (Fsp3) is 0.697. The zero-order chi connectivity index (χ0) is 32.5. The highest BCUT2D eigenvalue weighted by molar-refractivity contribution is 5.86. The van der Waals surface area contributed by atoms with Crippen LogP contribution in [0.1, 0.15) is 80.2 Å². The van der Waals surface area contributed by atoms with E-state index in [2.05, 4.69) is 59.5 Å². The zero-order valence-corrected chi connectivity index (χ0v) is 28.0. The maximum absolute atomic E-state index is 13.1. The van der Waals surface area contributed by atoms with Crippen molar-refractivity contribution >= 4 is 24.1 Å². The lowest BCUT2D eigenvalue weighted by Crippen LogP contribution is -2.52. The van der Waals surface area contributed by atoms with E-state index in [-0.39, 0.29) is 54.0 Å². The van der Waals surface area contributed by atoms with Gasteiger partial charge in [-0.1, -0.05) is 85.7 Å². The number of primary amides is 1. The highest BCUT2D eigenvalue weighted by Crippen LogP contribution is 2.33. The fourth-order valence-corrected chi connectivity index (χ4v) is 5.15. The highest BCUT2D eigenvalue weighted by Gasteiger charge is 2.35. The number of benzene rings is 1. The zero-order valence-electron chi connectivity index (χ0n) is 28.0. The van der Waals surface area contributed by atoms with Gasteiger partial charge in [-0.15, -0.1) is 0 Å². The lowest BCUT2D eigenvalue weighted by molar-refractivity contribution is -0.136. The SMILES string of the molecule is CC(C)C.CC[C@H](C(=O)NCC(=O)N(C)[C@H](CN(C)CC(=O)N1CCCC1)C(C)C)C(C)(C)c1ccccc1.NC=O. The van der Waals surface area contributed by atoms with Crippen molar-refractivity contribution < 1.29 is 19.2 Å². The van der Waals surface area contributed by atoms with Crippen molar-refractivity contribution in [2.75, 3.05) is 46.8 Å². The van der Waals surface area contributed by atoms with Crippen molar-refractivity contribution in [1.82, 2.24) is 20.0 Å². The number of nitrogens with zero attached hydrogens (tertiary/aromatic N) is 3. The summed E-state index contributed by atoms with van der Waals surface area (Å²) < 4.78 is 0. The molecule has 0 radical (unpaired) electrons. The summed E-state index contributed by atoms with van der Waals surface area (Å²) in [5, 5.41) is 2.90. The number of carbonyl (C=O) groups excluding carboxylic acids is 4. The Morgan fingerprint density at radius 1 is 1.02 bits per heavy atom. The second-order valence-corrected chi connectivity index (χ2v) is 12.7. The first-order chi connectivity index (χ1) is 19.6. The average molecular weight is 590 g/mol. The lowest BCUT2D eigenvalue weighted by atomic mass is 9.71. The molecule has 0 spiro atoms. The Bertz CT molecular complexity index is 927. The molecule has 2 rings (SSSR count). The molecule has 9 heteroatoms. The second kappa shape index (κ2) is 20.1. The monoisotopic (exact) mass is 589 g/mol. The van der Waals surface area contributed by atoms with Crippen molar-refractivity contribution in [2.45, 2.75) is 86.1 Å². The van der Waals surface area contributed by atoms with Gasteiger partial charge in [0, 0.05) is 44.1 Å². The summed E-state index contributed by atoms with van der Waals surface area (Å²) in [5.41, 5.74) is 4.93. The predicted molar refractivity (Wildman–Crippen MR) is 172 cm³/mol. The molecule has 240 valence electrons. The third kappa shape index (κ3) is 13.8. The van der Waals surface area contributed by atoms with E-state index in [1.54, 1.807) is 11.9 Å². The lowest BCUT2D eigenvalue weighted by Gasteiger charge is -2.35. The van der Waals surface area contributed by atoms with E-state index < -0.39 is 0 Å². The molecule has 1 fully saturated rings. The first kappa shape index (κ1) is 39.1. The Morgan fingerprint density at radius 2 is 1.52 bits per heavy atom. The molecule has 0 bridgehead atoms. The second-order valence-electron chi connectivity index (χ2n) is 12.7. The highest BCUT2D eigenvalue weighted by atomic mass is 16.2. The number of hydrogen-bond donors (Lipinski definition) is 2. The Morgan fingerprint density at radius 3 is 1.98 bits per heavy atom. The van der Waals surface area contributed by atoms with Crippen LogP contribution >= 0.6 is 0 Å². The maximum Gasteiger partial charge on any atom is 0.242 e. The van der Waals surface area contributed by atoms with Crippen molar-refractivity contribution in [3.63, 3.8) is 0 Å². The molecule has 42 heavy (non-hydrogen) atoms. The minimum atomic E-state index is -0.347. The van der Waals surface area contributed by atoms with Gasteiger partial charge in [0.05, 0.1) is 13.1 Å². The van der Waals surface area contributed by atoms with Gasteiger partial charge in [0.25, 0.3) is 0 Å². The van der Waals surface area contributed by atoms with Crippen molar-refractivity contribution in [2.24, 2.45) is 23.5 Å². The molecule has 1 aromatic carbocycles. The third-order valence-electron chi connectivity index (χ3n) is 7.55. The van der Waals surface area contributed by atoms with Crippen molar-refractivity contribution in [3.05, 3.63) is 35.9 Å². The largest absolute Gasteiger partial charge is 0.372 e. The van der Waals surface area contributed by atoms with Gasteiger partial charge in [0.2, 0.25) is 24.1 Å². The molecule has 0 saturated carbocycles. The van der Waals surface area contributed by atoms with E-state index in [0.29, 0.717) is 19.5 Å². The molecule has 0 unspecified atom stereocenters. The summed E-state index contributed by atoms with van der Waals surface area (Å²) >= 11 is 0. The molecule has 2 atom stereocenters. The smallest absolute Gasteiger partial charge is 0.242 e. The van der Waals surface area contributed by atoms with Gasteiger partial charge >= 0.3 is 0 Å². The maximum atomic E-state index is 13.1. The number of nitrogens with two attached hydrogens (primary N) is 1. The molecule has 1 heterocycles. The number of rotatable bonds is 12. The molecule has 1 aliphatic heterocycles. The molecule has 0 aromatic heterocycles. The first-order valence-corrected chi connectivity index (χ1v) is 15.3. The topological polar surface area (TPSA) is 116 Å². The molecular weight excluding hydrogens is 530 g/mol. The Hall–Kier alpha value is -2.94. The normalized spacial score (nSPS) is 14.4. The van der Waals surface area contributed by atoms with Gasteiger partial charge < -0.3 is 20.9 Å². The predicted octanol–water partition coefficient (Wildman–Crippen LogP) is 3.91. The van der Waals surface area contributed by atoms with Crippen LogP contribution in [0, 0.1) is 17.8 Å². The van der Waals surface area contributed by atoms with Crippen molar-refractivity contribution in [3.8, 4) is 0 Å². The Labute approximate surface area is 255 Å². The summed E-state index contributed by atoms with van der Waals surface area (Å²) in [5.74, 6) is 0.734. The third-order valence-corrected chi connectivity index (χ3v) is 7.55. The molecule has 9 nitrogen and oxygen atoms in total. The van der Waals surface area contributed by atoms with Gasteiger partial charge in [-0.2, -0.15) is 0 Å². The molecular formula is C33H59N5O4. The Balaban J connectivity index is 0.00000216. The molecule has 4 amide bonds. The van der Waals surface area contributed by atoms with Crippen LogP contribution in [0.5, 0.6) is 0 Å². The minimum Gasteiger partial charge on any atom is -0.372 e. The van der Waals surface area contributed by atoms with Crippen LogP contribution in [0.15, 0.2) is 30.3 Å². The fourth-order valence-electron chi connectivity index (χ4n) is 5.15. The summed E-state index contributed by atoms with van der Waals surface area (Å²) in [6.45, 7) is 19.5. The van der Waals surface area contributed by atoms with Crippen molar-refractivity contribution in [1.29, 1.82) is 0 Å². The number of amides is 4. The van der Waals surface area contributed by atoms with Crippen LogP contribution in [-0.4, -0.2) is 91.7 Å². The van der Waals surface area contributed by atoms with Crippen LogP contribution in [0.4, 0.5) is 0 Å². The number of likely N-dealkylation sites (N-methyl/N-ethyl adjacent to an activating group) is 2. The van der Waals surface area contributed by atoms with Crippen LogP contribution in [-0.2, 0) is 24.6 Å². The number of hydrogen-bond acceptors (Lipinski definition) is 5. The molecule has 1 saturated heterocycles. The van der Waals surface area contributed by atoms with Gasteiger partial charge in [-0.05, 0) is 43.7 Å². The minimum absolute atomic E-state index is 0.0314. The summed E-state index contributed by atoms with van der Waals surface area (Å²) in [6, 6.07) is 9.99. The van der Waals surface area contributed by atoms with Gasteiger partial charge in [0.15, 0.2) is 0 Å². The standard InChI is InChI=1S/C28H46N4O3.C4H10.CH3NO/c1-8-23(28(4,5)22-14-10-9-11-15-22)27(35)29-18-25(33)31(7)24(21(2)3)19-30(6)20-26(34)32-16-12-13-17-32;1-4(2)3;2-1-3/h9-11,14-15,21,23-24H,8,12-13,16-20H2,1-7H3,(H,29,35);4H,1-3H3;1H,(H2,2,3)/t23-,24-;;/m1../s1. The molecule has 3 N–H and O–H groups in total. The van der Waals surface area contributed by atoms with Crippen LogP contribution in [0.3, 0.4) is 0 Å². The number of likely N-dealkylation sites (tertiary alicyclic amines) is 1. The van der Waals surface area contributed by atoms with Crippen LogP contribution in [0.2, 0.25) is 0 Å². The van der Waals surface area contributed by atoms with Crippen LogP contribution in [0.25, 0.3) is 0 Å². The van der Waals surface area contributed by atoms with E-state index in [0.717, 1.165) is 37.4 Å². The van der Waals surface area contributed by atoms with E-state index >= 15 is 0 Å². The molecule has 0 aliphatic carbocycles. The van der Waals surface area contributed by atoms with Gasteiger partial charge in [-0.25, -0.2) is 0 Å². The van der Waals surface area contributed by atoms with Crippen LogP contribution < -0.4 is 11.1 Å². The number of nitrogens with one attached hydrogen (secondary N) is 1. The first-order valence-electron chi connectivity index (χ1n) is 15.3. The summed E-state index contributed by atoms with van der Waals surface area (Å²) in [6.07, 6.45) is 3.09. The number of carbonyl (C=O) groups is 4. The average Bonchev–Trinajstić information content (AvgIpc) is 3.46. The quantitative estimate of drug-likeness (QED) is 0.359. The van der Waals surface area contributed by atoms with E-state index in [1.165, 1.54) is 0 Å². The summed E-state index contributed by atoms with van der Waals surface area (Å²) in [4.78, 5) is 52.9. The summed E-state index contributed by atoms with van der Waals surface area (Å²) in [7, 11) is 3.72. The van der Waals surface area contributed by atoms with E-state index in [4.69, 9.17) is 4.79 Å². The molecule has 1 aliphatic rings. The molecule has 1 aromatic rings.